The van der Waals surface area contributed by atoms with Crippen LogP contribution in [0.25, 0.3) is 10.8 Å². The maximum absolute atomic E-state index is 5.75. The number of aromatic nitrogens is 2. The number of hydrogen-bond donors (Lipinski definition) is 1. The molecular formula is C13H18N4OS. The SMILES string of the molecule is CC1CNCC(C)N1Cc1nnc(-c2cccs2)o1. The molecule has 102 valence electrons. The lowest BCUT2D eigenvalue weighted by Gasteiger charge is -2.38. The zero-order chi connectivity index (χ0) is 13.2. The Balaban J connectivity index is 1.73. The number of piperazine rings is 1. The molecule has 2 aromatic heterocycles. The fourth-order valence-electron chi connectivity index (χ4n) is 2.46. The van der Waals surface area contributed by atoms with E-state index >= 15 is 0 Å². The van der Waals surface area contributed by atoms with Gasteiger partial charge < -0.3 is 9.73 Å². The molecule has 1 saturated heterocycles. The van der Waals surface area contributed by atoms with Gasteiger partial charge in [0.2, 0.25) is 5.89 Å². The molecule has 19 heavy (non-hydrogen) atoms. The summed E-state index contributed by atoms with van der Waals surface area (Å²) in [5, 5.41) is 13.7. The molecule has 2 atom stereocenters. The van der Waals surface area contributed by atoms with E-state index in [0.29, 0.717) is 23.9 Å². The monoisotopic (exact) mass is 278 g/mol. The summed E-state index contributed by atoms with van der Waals surface area (Å²) in [6.45, 7) is 7.19. The Hall–Kier alpha value is -1.24. The molecule has 1 aliphatic rings. The van der Waals surface area contributed by atoms with Gasteiger partial charge in [-0.3, -0.25) is 4.90 Å². The molecule has 0 amide bonds. The minimum atomic E-state index is 0.487. The normalized spacial score (nSPS) is 24.7. The summed E-state index contributed by atoms with van der Waals surface area (Å²) < 4.78 is 5.75. The summed E-state index contributed by atoms with van der Waals surface area (Å²) >= 11 is 1.62. The first-order chi connectivity index (χ1) is 9.24. The molecule has 6 heteroatoms. The Morgan fingerprint density at radius 3 is 2.84 bits per heavy atom. The maximum atomic E-state index is 5.75. The second-order valence-electron chi connectivity index (χ2n) is 5.01. The predicted molar refractivity (Wildman–Crippen MR) is 74.9 cm³/mol. The first-order valence-corrected chi connectivity index (χ1v) is 7.44. The van der Waals surface area contributed by atoms with Crippen molar-refractivity contribution in [2.45, 2.75) is 32.5 Å². The smallest absolute Gasteiger partial charge is 0.257 e. The number of rotatable bonds is 3. The van der Waals surface area contributed by atoms with Crippen LogP contribution in [0.15, 0.2) is 21.9 Å². The molecule has 1 aliphatic heterocycles. The third-order valence-corrected chi connectivity index (χ3v) is 4.39. The largest absolute Gasteiger partial charge is 0.419 e. The van der Waals surface area contributed by atoms with E-state index in [1.807, 2.05) is 17.5 Å². The average Bonchev–Trinajstić information content (AvgIpc) is 3.04. The van der Waals surface area contributed by atoms with Crippen molar-refractivity contribution < 1.29 is 4.42 Å². The molecule has 0 radical (unpaired) electrons. The summed E-state index contributed by atoms with van der Waals surface area (Å²) in [5.74, 6) is 1.32. The second-order valence-corrected chi connectivity index (χ2v) is 5.95. The van der Waals surface area contributed by atoms with Crippen LogP contribution in [0.1, 0.15) is 19.7 Å². The van der Waals surface area contributed by atoms with E-state index in [1.54, 1.807) is 11.3 Å². The summed E-state index contributed by atoms with van der Waals surface area (Å²) in [7, 11) is 0. The van der Waals surface area contributed by atoms with Crippen LogP contribution in [0.4, 0.5) is 0 Å². The van der Waals surface area contributed by atoms with Crippen molar-refractivity contribution in [1.82, 2.24) is 20.4 Å². The van der Waals surface area contributed by atoms with Crippen molar-refractivity contribution in [3.05, 3.63) is 23.4 Å². The van der Waals surface area contributed by atoms with Gasteiger partial charge in [0.05, 0.1) is 11.4 Å². The standard InChI is InChI=1S/C13H18N4OS/c1-9-6-14-7-10(2)17(9)8-12-15-16-13(18-12)11-4-3-5-19-11/h3-5,9-10,14H,6-8H2,1-2H3. The number of thiophene rings is 1. The zero-order valence-corrected chi connectivity index (χ0v) is 12.0. The molecule has 0 bridgehead atoms. The zero-order valence-electron chi connectivity index (χ0n) is 11.2. The third-order valence-electron chi connectivity index (χ3n) is 3.53. The van der Waals surface area contributed by atoms with Gasteiger partial charge in [-0.2, -0.15) is 0 Å². The van der Waals surface area contributed by atoms with Crippen molar-refractivity contribution in [3.8, 4) is 10.8 Å². The fraction of sp³-hybridized carbons (Fsp3) is 0.538. The number of hydrogen-bond acceptors (Lipinski definition) is 6. The van der Waals surface area contributed by atoms with Gasteiger partial charge in [0.15, 0.2) is 0 Å². The maximum Gasteiger partial charge on any atom is 0.257 e. The number of nitrogens with zero attached hydrogens (tertiary/aromatic N) is 3. The molecule has 3 rings (SSSR count). The van der Waals surface area contributed by atoms with Gasteiger partial charge in [-0.05, 0) is 25.3 Å². The quantitative estimate of drug-likeness (QED) is 0.930. The van der Waals surface area contributed by atoms with Gasteiger partial charge in [-0.1, -0.05) is 6.07 Å². The van der Waals surface area contributed by atoms with Crippen LogP contribution >= 0.6 is 11.3 Å². The average molecular weight is 278 g/mol. The lowest BCUT2D eigenvalue weighted by Crippen LogP contribution is -2.54. The first kappa shape index (κ1) is 12.8. The van der Waals surface area contributed by atoms with E-state index in [1.165, 1.54) is 0 Å². The highest BCUT2D eigenvalue weighted by Gasteiger charge is 2.26. The van der Waals surface area contributed by atoms with E-state index in [2.05, 4.69) is 34.3 Å². The Morgan fingerprint density at radius 1 is 1.37 bits per heavy atom. The van der Waals surface area contributed by atoms with Crippen molar-refractivity contribution in [2.24, 2.45) is 0 Å². The van der Waals surface area contributed by atoms with Gasteiger partial charge in [-0.25, -0.2) is 0 Å². The van der Waals surface area contributed by atoms with E-state index in [4.69, 9.17) is 4.42 Å². The molecule has 1 N–H and O–H groups in total. The van der Waals surface area contributed by atoms with Crippen LogP contribution < -0.4 is 5.32 Å². The second kappa shape index (κ2) is 5.40. The topological polar surface area (TPSA) is 54.2 Å². The van der Waals surface area contributed by atoms with Crippen LogP contribution in [-0.4, -0.2) is 40.3 Å². The summed E-state index contributed by atoms with van der Waals surface area (Å²) in [4.78, 5) is 3.43. The van der Waals surface area contributed by atoms with Crippen LogP contribution in [-0.2, 0) is 6.54 Å². The van der Waals surface area contributed by atoms with E-state index in [9.17, 15) is 0 Å². The van der Waals surface area contributed by atoms with E-state index in [0.717, 1.165) is 24.5 Å². The van der Waals surface area contributed by atoms with Gasteiger partial charge in [0, 0.05) is 25.2 Å². The molecule has 3 heterocycles. The molecule has 1 fully saturated rings. The molecule has 0 saturated carbocycles. The Morgan fingerprint density at radius 2 is 2.16 bits per heavy atom. The summed E-state index contributed by atoms with van der Waals surface area (Å²) in [5.41, 5.74) is 0. The van der Waals surface area contributed by atoms with Crippen molar-refractivity contribution >= 4 is 11.3 Å². The van der Waals surface area contributed by atoms with Gasteiger partial charge in [0.25, 0.3) is 5.89 Å². The lowest BCUT2D eigenvalue weighted by molar-refractivity contribution is 0.0979. The summed E-state index contributed by atoms with van der Waals surface area (Å²) in [6.07, 6.45) is 0. The highest BCUT2D eigenvalue weighted by Crippen LogP contribution is 2.24. The van der Waals surface area contributed by atoms with Gasteiger partial charge in [0.1, 0.15) is 0 Å². The molecular weight excluding hydrogens is 260 g/mol. The predicted octanol–water partition coefficient (Wildman–Crippen LogP) is 1.98. The Labute approximate surface area is 116 Å². The first-order valence-electron chi connectivity index (χ1n) is 6.57. The van der Waals surface area contributed by atoms with Crippen LogP contribution in [0, 0.1) is 0 Å². The molecule has 5 nitrogen and oxygen atoms in total. The van der Waals surface area contributed by atoms with E-state index in [-0.39, 0.29) is 0 Å². The third kappa shape index (κ3) is 2.70. The van der Waals surface area contributed by atoms with Crippen LogP contribution in [0.2, 0.25) is 0 Å². The van der Waals surface area contributed by atoms with Crippen LogP contribution in [0.3, 0.4) is 0 Å². The van der Waals surface area contributed by atoms with Crippen molar-refractivity contribution in [2.75, 3.05) is 13.1 Å². The molecule has 0 spiro atoms. The summed E-state index contributed by atoms with van der Waals surface area (Å²) in [6, 6.07) is 4.96. The van der Waals surface area contributed by atoms with Crippen molar-refractivity contribution in [3.63, 3.8) is 0 Å². The van der Waals surface area contributed by atoms with E-state index < -0.39 is 0 Å². The molecule has 0 aliphatic carbocycles. The number of nitrogens with one attached hydrogen (secondary N) is 1. The molecule has 0 aromatic carbocycles. The highest BCUT2D eigenvalue weighted by atomic mass is 32.1. The van der Waals surface area contributed by atoms with Crippen molar-refractivity contribution in [1.29, 1.82) is 0 Å². The molecule has 2 aromatic rings. The highest BCUT2D eigenvalue weighted by molar-refractivity contribution is 7.13. The van der Waals surface area contributed by atoms with Gasteiger partial charge in [-0.15, -0.1) is 21.5 Å². The van der Waals surface area contributed by atoms with Crippen LogP contribution in [0.5, 0.6) is 0 Å². The Bertz CT molecular complexity index is 514. The minimum Gasteiger partial charge on any atom is -0.419 e. The minimum absolute atomic E-state index is 0.487. The fourth-order valence-corrected chi connectivity index (χ4v) is 3.10. The van der Waals surface area contributed by atoms with Gasteiger partial charge >= 0.3 is 0 Å². The molecule has 2 unspecified atom stereocenters. The Kier molecular flexibility index (Phi) is 3.63. The lowest BCUT2D eigenvalue weighted by atomic mass is 10.1.